The predicted octanol–water partition coefficient (Wildman–Crippen LogP) is 1.96. The molecular formula is C17H23ClN2O4S. The Hall–Kier alpha value is -1.15. The molecule has 2 atom stereocenters. The Morgan fingerprint density at radius 3 is 2.72 bits per heavy atom. The minimum atomic E-state index is -3.67. The van der Waals surface area contributed by atoms with E-state index in [1.807, 2.05) is 6.92 Å². The maximum absolute atomic E-state index is 13.1. The fraction of sp³-hybridized carbons (Fsp3) is 0.588. The zero-order valence-corrected chi connectivity index (χ0v) is 15.7. The molecule has 25 heavy (non-hydrogen) atoms. The lowest BCUT2D eigenvalue weighted by Gasteiger charge is -2.35. The second-order valence-electron chi connectivity index (χ2n) is 6.44. The van der Waals surface area contributed by atoms with Crippen LogP contribution in [0.25, 0.3) is 0 Å². The lowest BCUT2D eigenvalue weighted by atomic mass is 10.0. The zero-order chi connectivity index (χ0) is 18.0. The van der Waals surface area contributed by atoms with Crippen LogP contribution in [0.4, 0.5) is 0 Å². The fourth-order valence-corrected chi connectivity index (χ4v) is 5.36. The third kappa shape index (κ3) is 4.16. The Bertz CT molecular complexity index is 736. The van der Waals surface area contributed by atoms with Gasteiger partial charge in [-0.15, -0.1) is 0 Å². The van der Waals surface area contributed by atoms with Crippen LogP contribution in [0.15, 0.2) is 24.3 Å². The Labute approximate surface area is 153 Å². The normalized spacial score (nSPS) is 23.3. The van der Waals surface area contributed by atoms with Crippen molar-refractivity contribution in [2.75, 3.05) is 25.4 Å². The summed E-state index contributed by atoms with van der Waals surface area (Å²) >= 11 is 6.23. The summed E-state index contributed by atoms with van der Waals surface area (Å²) in [5, 5.41) is 3.12. The van der Waals surface area contributed by atoms with Crippen molar-refractivity contribution in [2.24, 2.45) is 5.92 Å². The number of carbonyl (C=O) groups excluding carboxylic acids is 1. The average molecular weight is 387 g/mol. The SMILES string of the molecule is CCOC(CS(=O)(=O)N1CCNC(=O)C1c1ccccc1Cl)C1CC1. The molecule has 2 fully saturated rings. The molecule has 0 radical (unpaired) electrons. The first-order chi connectivity index (χ1) is 11.9. The molecule has 2 unspecified atom stereocenters. The van der Waals surface area contributed by atoms with Gasteiger partial charge >= 0.3 is 0 Å². The third-order valence-electron chi connectivity index (χ3n) is 4.63. The first kappa shape index (κ1) is 18.6. The van der Waals surface area contributed by atoms with Crippen molar-refractivity contribution < 1.29 is 17.9 Å². The zero-order valence-electron chi connectivity index (χ0n) is 14.2. The third-order valence-corrected chi connectivity index (χ3v) is 6.83. The molecule has 1 saturated carbocycles. The van der Waals surface area contributed by atoms with Crippen LogP contribution in [0.2, 0.25) is 5.02 Å². The van der Waals surface area contributed by atoms with Crippen LogP contribution in [0, 0.1) is 5.92 Å². The van der Waals surface area contributed by atoms with Crippen LogP contribution in [0.3, 0.4) is 0 Å². The highest BCUT2D eigenvalue weighted by Gasteiger charge is 2.43. The van der Waals surface area contributed by atoms with E-state index in [4.69, 9.17) is 16.3 Å². The molecule has 1 saturated heterocycles. The van der Waals surface area contributed by atoms with E-state index in [1.54, 1.807) is 24.3 Å². The van der Waals surface area contributed by atoms with Gasteiger partial charge in [0.25, 0.3) is 0 Å². The van der Waals surface area contributed by atoms with E-state index in [9.17, 15) is 13.2 Å². The van der Waals surface area contributed by atoms with Crippen LogP contribution >= 0.6 is 11.6 Å². The van der Waals surface area contributed by atoms with Gasteiger partial charge in [0.15, 0.2) is 0 Å². The highest BCUT2D eigenvalue weighted by molar-refractivity contribution is 7.89. The van der Waals surface area contributed by atoms with Gasteiger partial charge in [-0.25, -0.2) is 8.42 Å². The molecule has 0 bridgehead atoms. The number of hydrogen-bond acceptors (Lipinski definition) is 4. The number of ether oxygens (including phenoxy) is 1. The van der Waals surface area contributed by atoms with E-state index < -0.39 is 16.1 Å². The molecule has 1 N–H and O–H groups in total. The minimum Gasteiger partial charge on any atom is -0.377 e. The van der Waals surface area contributed by atoms with Crippen molar-refractivity contribution >= 4 is 27.5 Å². The van der Waals surface area contributed by atoms with Crippen LogP contribution in [-0.2, 0) is 19.6 Å². The van der Waals surface area contributed by atoms with E-state index in [0.717, 1.165) is 12.8 Å². The topological polar surface area (TPSA) is 75.7 Å². The molecule has 1 aromatic rings. The van der Waals surface area contributed by atoms with Gasteiger partial charge in [-0.2, -0.15) is 4.31 Å². The Balaban J connectivity index is 1.89. The van der Waals surface area contributed by atoms with Crippen molar-refractivity contribution in [3.05, 3.63) is 34.9 Å². The number of rotatable bonds is 7. The number of benzene rings is 1. The number of hydrogen-bond donors (Lipinski definition) is 1. The number of piperazine rings is 1. The summed E-state index contributed by atoms with van der Waals surface area (Å²) in [5.41, 5.74) is 0.504. The van der Waals surface area contributed by atoms with Crippen molar-refractivity contribution in [3.63, 3.8) is 0 Å². The summed E-state index contributed by atoms with van der Waals surface area (Å²) in [6.45, 7) is 2.86. The summed E-state index contributed by atoms with van der Waals surface area (Å²) in [6.07, 6.45) is 1.68. The quantitative estimate of drug-likeness (QED) is 0.777. The minimum absolute atomic E-state index is 0.0975. The number of nitrogens with one attached hydrogen (secondary N) is 1. The second kappa shape index (κ2) is 7.61. The molecule has 1 heterocycles. The smallest absolute Gasteiger partial charge is 0.243 e. The lowest BCUT2D eigenvalue weighted by Crippen LogP contribution is -2.53. The van der Waals surface area contributed by atoms with Crippen LogP contribution in [0.1, 0.15) is 31.4 Å². The molecule has 3 rings (SSSR count). The van der Waals surface area contributed by atoms with E-state index in [1.165, 1.54) is 4.31 Å². The van der Waals surface area contributed by atoms with Gasteiger partial charge in [-0.1, -0.05) is 29.8 Å². The van der Waals surface area contributed by atoms with Crippen molar-refractivity contribution in [2.45, 2.75) is 31.9 Å². The van der Waals surface area contributed by atoms with Crippen molar-refractivity contribution in [3.8, 4) is 0 Å². The van der Waals surface area contributed by atoms with Gasteiger partial charge < -0.3 is 10.1 Å². The molecule has 1 amide bonds. The molecule has 8 heteroatoms. The first-order valence-corrected chi connectivity index (χ1v) is 10.6. The van der Waals surface area contributed by atoms with Crippen LogP contribution < -0.4 is 5.32 Å². The molecule has 138 valence electrons. The predicted molar refractivity (Wildman–Crippen MR) is 95.8 cm³/mol. The van der Waals surface area contributed by atoms with E-state index in [2.05, 4.69) is 5.32 Å². The van der Waals surface area contributed by atoms with Crippen molar-refractivity contribution in [1.82, 2.24) is 9.62 Å². The van der Waals surface area contributed by atoms with E-state index in [-0.39, 0.29) is 24.3 Å². The Morgan fingerprint density at radius 2 is 2.08 bits per heavy atom. The van der Waals surface area contributed by atoms with Crippen LogP contribution in [-0.4, -0.2) is 50.2 Å². The Morgan fingerprint density at radius 1 is 1.36 bits per heavy atom. The maximum Gasteiger partial charge on any atom is 0.243 e. The molecule has 2 aliphatic rings. The monoisotopic (exact) mass is 386 g/mol. The number of sulfonamides is 1. The van der Waals surface area contributed by atoms with E-state index >= 15 is 0 Å². The standard InChI is InChI=1S/C17H23ClN2O4S/c1-2-24-15(12-7-8-12)11-25(22,23)20-10-9-19-17(21)16(20)13-5-3-4-6-14(13)18/h3-6,12,15-16H,2,7-11H2,1H3,(H,19,21). The van der Waals surface area contributed by atoms with Gasteiger partial charge in [-0.05, 0) is 37.3 Å². The molecule has 6 nitrogen and oxygen atoms in total. The summed E-state index contributed by atoms with van der Waals surface area (Å²) in [7, 11) is -3.67. The summed E-state index contributed by atoms with van der Waals surface area (Å²) in [4.78, 5) is 12.5. The summed E-state index contributed by atoms with van der Waals surface area (Å²) in [5.74, 6) is -0.144. The van der Waals surface area contributed by atoms with Crippen LogP contribution in [0.5, 0.6) is 0 Å². The van der Waals surface area contributed by atoms with Gasteiger partial charge in [-0.3, -0.25) is 4.79 Å². The van der Waals surface area contributed by atoms with Gasteiger partial charge in [0.05, 0.1) is 11.9 Å². The van der Waals surface area contributed by atoms with Gasteiger partial charge in [0.2, 0.25) is 15.9 Å². The molecule has 0 aromatic heterocycles. The second-order valence-corrected chi connectivity index (χ2v) is 8.81. The maximum atomic E-state index is 13.1. The molecule has 1 aromatic carbocycles. The number of amides is 1. The first-order valence-electron chi connectivity index (χ1n) is 8.57. The van der Waals surface area contributed by atoms with Gasteiger partial charge in [0, 0.05) is 24.7 Å². The Kier molecular flexibility index (Phi) is 5.68. The molecule has 0 spiro atoms. The largest absolute Gasteiger partial charge is 0.377 e. The number of halogens is 1. The lowest BCUT2D eigenvalue weighted by molar-refractivity contribution is -0.126. The highest BCUT2D eigenvalue weighted by Crippen LogP contribution is 2.37. The van der Waals surface area contributed by atoms with Crippen molar-refractivity contribution in [1.29, 1.82) is 0 Å². The molecular weight excluding hydrogens is 364 g/mol. The molecule has 1 aliphatic heterocycles. The summed E-state index contributed by atoms with van der Waals surface area (Å²) < 4.78 is 33.1. The number of nitrogens with zero attached hydrogens (tertiary/aromatic N) is 1. The van der Waals surface area contributed by atoms with Gasteiger partial charge in [0.1, 0.15) is 6.04 Å². The fourth-order valence-electron chi connectivity index (χ4n) is 3.24. The molecule has 1 aliphatic carbocycles. The average Bonchev–Trinajstić information content (AvgIpc) is 3.40. The number of carbonyl (C=O) groups is 1. The highest BCUT2D eigenvalue weighted by atomic mass is 35.5. The van der Waals surface area contributed by atoms with E-state index in [0.29, 0.717) is 29.7 Å². The summed E-state index contributed by atoms with van der Waals surface area (Å²) in [6, 6.07) is 5.93.